The minimum absolute atomic E-state index is 0.00783. The lowest BCUT2D eigenvalue weighted by Gasteiger charge is -2.08. The molecule has 0 amide bonds. The van der Waals surface area contributed by atoms with Crippen LogP contribution < -0.4 is 4.80 Å². The van der Waals surface area contributed by atoms with E-state index in [0.717, 1.165) is 27.7 Å². The summed E-state index contributed by atoms with van der Waals surface area (Å²) in [7, 11) is 0. The second-order valence-corrected chi connectivity index (χ2v) is 7.89. The first-order valence-electron chi connectivity index (χ1n) is 9.89. The first kappa shape index (κ1) is 19.7. The molecule has 2 aromatic heterocycles. The summed E-state index contributed by atoms with van der Waals surface area (Å²) < 4.78 is 1.76. The van der Waals surface area contributed by atoms with E-state index in [2.05, 4.69) is 34.4 Å². The van der Waals surface area contributed by atoms with Crippen molar-refractivity contribution in [1.82, 2.24) is 9.66 Å². The van der Waals surface area contributed by atoms with Gasteiger partial charge in [-0.3, -0.25) is 4.98 Å². The minimum Gasteiger partial charge on any atom is -0.508 e. The number of phenols is 2. The number of pyridine rings is 1. The molecule has 0 aliphatic carbocycles. The molecule has 0 fully saturated rings. The fraction of sp³-hybridized carbons (Fsp3) is 0. The average Bonchev–Trinajstić information content (AvgIpc) is 3.21. The molecule has 156 valence electrons. The van der Waals surface area contributed by atoms with E-state index in [0.29, 0.717) is 10.4 Å². The van der Waals surface area contributed by atoms with Gasteiger partial charge in [-0.2, -0.15) is 5.10 Å². The van der Waals surface area contributed by atoms with E-state index in [1.165, 1.54) is 23.5 Å². The van der Waals surface area contributed by atoms with E-state index in [9.17, 15) is 10.2 Å². The van der Waals surface area contributed by atoms with E-state index < -0.39 is 0 Å². The molecular weight excluding hydrogens is 420 g/mol. The van der Waals surface area contributed by atoms with E-state index in [1.54, 1.807) is 29.4 Å². The van der Waals surface area contributed by atoms with E-state index in [4.69, 9.17) is 4.99 Å². The van der Waals surface area contributed by atoms with Crippen LogP contribution in [-0.2, 0) is 0 Å². The Hall–Kier alpha value is -4.23. The molecular formula is C25H18N4O2S. The van der Waals surface area contributed by atoms with Gasteiger partial charge in [0.1, 0.15) is 11.5 Å². The molecule has 0 unspecified atom stereocenters. The molecule has 0 aliphatic heterocycles. The molecule has 2 N–H and O–H groups in total. The normalized spacial score (nSPS) is 12.1. The van der Waals surface area contributed by atoms with Gasteiger partial charge in [-0.25, -0.2) is 9.67 Å². The summed E-state index contributed by atoms with van der Waals surface area (Å²) in [5.41, 5.74) is 3.11. The fourth-order valence-electron chi connectivity index (χ4n) is 3.41. The van der Waals surface area contributed by atoms with Crippen LogP contribution in [0.5, 0.6) is 11.5 Å². The third-order valence-corrected chi connectivity index (χ3v) is 5.76. The summed E-state index contributed by atoms with van der Waals surface area (Å²) in [6, 6.07) is 22.5. The number of hydrogen-bond donors (Lipinski definition) is 2. The van der Waals surface area contributed by atoms with E-state index in [-0.39, 0.29) is 11.5 Å². The first-order chi connectivity index (χ1) is 15.7. The lowest BCUT2D eigenvalue weighted by atomic mass is 10.0. The number of nitrogens with zero attached hydrogens (tertiary/aromatic N) is 4. The lowest BCUT2D eigenvalue weighted by molar-refractivity contribution is 0.450. The molecule has 0 atom stereocenters. The predicted octanol–water partition coefficient (Wildman–Crippen LogP) is 5.29. The van der Waals surface area contributed by atoms with Gasteiger partial charge in [0, 0.05) is 28.8 Å². The highest BCUT2D eigenvalue weighted by Gasteiger charge is 2.11. The molecule has 5 aromatic rings. The van der Waals surface area contributed by atoms with Gasteiger partial charge < -0.3 is 10.2 Å². The molecule has 0 bridgehead atoms. The van der Waals surface area contributed by atoms with Crippen molar-refractivity contribution in [2.75, 3.05) is 0 Å². The second kappa shape index (κ2) is 8.49. The van der Waals surface area contributed by atoms with Crippen LogP contribution in [0.2, 0.25) is 0 Å². The highest BCUT2D eigenvalue weighted by Crippen LogP contribution is 2.29. The third kappa shape index (κ3) is 3.89. The smallest absolute Gasteiger partial charge is 0.211 e. The van der Waals surface area contributed by atoms with Gasteiger partial charge in [0.05, 0.1) is 23.8 Å². The van der Waals surface area contributed by atoms with Crippen molar-refractivity contribution in [3.05, 3.63) is 101 Å². The SMILES string of the molecule is Oc1ccc(C=Nn2c(-c3cccc4ccccc34)csc2=Nc2cccnc2)c(O)c1. The standard InChI is InChI=1S/C25H18N4O2S/c30-20-11-10-18(24(31)13-20)14-27-29-23(16-32-25(29)28-19-7-4-12-26-15-19)22-9-3-6-17-5-1-2-8-21(17)22/h1-16,30-31H. The lowest BCUT2D eigenvalue weighted by Crippen LogP contribution is -2.11. The summed E-state index contributed by atoms with van der Waals surface area (Å²) in [6.07, 6.45) is 4.95. The monoisotopic (exact) mass is 438 g/mol. The van der Waals surface area contributed by atoms with Crippen LogP contribution in [0, 0.1) is 0 Å². The second-order valence-electron chi connectivity index (χ2n) is 7.05. The molecule has 7 heteroatoms. The Morgan fingerprint density at radius 2 is 1.81 bits per heavy atom. The van der Waals surface area contributed by atoms with Crippen molar-refractivity contribution in [3.63, 3.8) is 0 Å². The van der Waals surface area contributed by atoms with Crippen LogP contribution in [0.1, 0.15) is 5.56 Å². The number of phenolic OH excluding ortho intramolecular Hbond substituents is 2. The topological polar surface area (TPSA) is 83.0 Å². The molecule has 2 heterocycles. The zero-order chi connectivity index (χ0) is 21.9. The van der Waals surface area contributed by atoms with Gasteiger partial charge in [-0.1, -0.05) is 42.5 Å². The number of rotatable bonds is 4. The van der Waals surface area contributed by atoms with Crippen molar-refractivity contribution in [2.45, 2.75) is 0 Å². The Balaban J connectivity index is 1.71. The molecule has 0 aliphatic rings. The Kier molecular flexibility index (Phi) is 5.23. The minimum atomic E-state index is -0.0537. The van der Waals surface area contributed by atoms with Crippen LogP contribution in [0.25, 0.3) is 22.0 Å². The molecule has 0 radical (unpaired) electrons. The van der Waals surface area contributed by atoms with E-state index >= 15 is 0 Å². The first-order valence-corrected chi connectivity index (χ1v) is 10.8. The molecule has 6 nitrogen and oxygen atoms in total. The molecule has 3 aromatic carbocycles. The molecule has 0 saturated carbocycles. The van der Waals surface area contributed by atoms with Crippen molar-refractivity contribution in [2.24, 2.45) is 10.1 Å². The summed E-state index contributed by atoms with van der Waals surface area (Å²) >= 11 is 1.47. The van der Waals surface area contributed by atoms with Gasteiger partial charge in [0.2, 0.25) is 4.80 Å². The van der Waals surface area contributed by atoms with Crippen LogP contribution in [0.3, 0.4) is 0 Å². The maximum absolute atomic E-state index is 10.2. The van der Waals surface area contributed by atoms with Crippen LogP contribution in [-0.4, -0.2) is 26.1 Å². The van der Waals surface area contributed by atoms with Crippen molar-refractivity contribution >= 4 is 34.0 Å². The van der Waals surface area contributed by atoms with Crippen LogP contribution in [0.15, 0.2) is 101 Å². The van der Waals surface area contributed by atoms with Crippen molar-refractivity contribution in [3.8, 4) is 22.8 Å². The van der Waals surface area contributed by atoms with E-state index in [1.807, 2.05) is 35.7 Å². The summed E-state index contributed by atoms with van der Waals surface area (Å²) in [5.74, 6) is -0.0615. The summed E-state index contributed by atoms with van der Waals surface area (Å²) in [5, 5.41) is 28.6. The molecule has 5 rings (SSSR count). The third-order valence-electron chi connectivity index (χ3n) is 4.95. The predicted molar refractivity (Wildman–Crippen MR) is 127 cm³/mol. The number of hydrogen-bond acceptors (Lipinski definition) is 6. The number of fused-ring (bicyclic) bond motifs is 1. The zero-order valence-electron chi connectivity index (χ0n) is 16.8. The van der Waals surface area contributed by atoms with Gasteiger partial charge in [0.25, 0.3) is 0 Å². The number of benzene rings is 3. The summed E-state index contributed by atoms with van der Waals surface area (Å²) in [6.45, 7) is 0. The average molecular weight is 439 g/mol. The van der Waals surface area contributed by atoms with Gasteiger partial charge in [0.15, 0.2) is 0 Å². The van der Waals surface area contributed by atoms with Gasteiger partial charge in [-0.05, 0) is 35.0 Å². The Morgan fingerprint density at radius 3 is 2.66 bits per heavy atom. The van der Waals surface area contributed by atoms with Crippen molar-refractivity contribution in [1.29, 1.82) is 0 Å². The quantitative estimate of drug-likeness (QED) is 0.374. The fourth-order valence-corrected chi connectivity index (χ4v) is 4.26. The molecule has 32 heavy (non-hydrogen) atoms. The molecule has 0 spiro atoms. The highest BCUT2D eigenvalue weighted by atomic mass is 32.1. The van der Waals surface area contributed by atoms with Gasteiger partial charge >= 0.3 is 0 Å². The molecule has 0 saturated heterocycles. The maximum atomic E-state index is 10.2. The van der Waals surface area contributed by atoms with Gasteiger partial charge in [-0.15, -0.1) is 11.3 Å². The Morgan fingerprint density at radius 1 is 0.938 bits per heavy atom. The number of aromatic hydroxyl groups is 2. The summed E-state index contributed by atoms with van der Waals surface area (Å²) in [4.78, 5) is 9.52. The largest absolute Gasteiger partial charge is 0.508 e. The Bertz CT molecular complexity index is 1500. The Labute approximate surface area is 187 Å². The maximum Gasteiger partial charge on any atom is 0.211 e. The number of aromatic nitrogens is 2. The highest BCUT2D eigenvalue weighted by molar-refractivity contribution is 7.07. The number of thiazole rings is 1. The van der Waals surface area contributed by atoms with Crippen LogP contribution >= 0.6 is 11.3 Å². The zero-order valence-corrected chi connectivity index (χ0v) is 17.6. The van der Waals surface area contributed by atoms with Crippen LogP contribution in [0.4, 0.5) is 5.69 Å². The van der Waals surface area contributed by atoms with Crippen molar-refractivity contribution < 1.29 is 10.2 Å².